The van der Waals surface area contributed by atoms with E-state index < -0.39 is 16.1 Å². The molecular weight excluding hydrogens is 460 g/mol. The summed E-state index contributed by atoms with van der Waals surface area (Å²) in [6, 6.07) is 14.8. The largest absolute Gasteiger partial charge is 0.452 e. The van der Waals surface area contributed by atoms with E-state index in [-0.39, 0.29) is 55.7 Å². The molecule has 2 aromatic carbocycles. The van der Waals surface area contributed by atoms with Gasteiger partial charge >= 0.3 is 6.09 Å². The van der Waals surface area contributed by atoms with Crippen LogP contribution in [0.15, 0.2) is 59.5 Å². The van der Waals surface area contributed by atoms with E-state index in [0.717, 1.165) is 0 Å². The van der Waals surface area contributed by atoms with Crippen molar-refractivity contribution in [2.45, 2.75) is 17.7 Å². The van der Waals surface area contributed by atoms with Crippen molar-refractivity contribution in [2.24, 2.45) is 0 Å². The predicted molar refractivity (Wildman–Crippen MR) is 127 cm³/mol. The maximum Gasteiger partial charge on any atom is 0.413 e. The van der Waals surface area contributed by atoms with Crippen LogP contribution in [-0.2, 0) is 24.3 Å². The van der Waals surface area contributed by atoms with E-state index in [9.17, 15) is 22.8 Å². The molecule has 2 aromatic rings. The van der Waals surface area contributed by atoms with Gasteiger partial charge in [0.15, 0.2) is 0 Å². The lowest BCUT2D eigenvalue weighted by Gasteiger charge is -2.34. The van der Waals surface area contributed by atoms with Crippen LogP contribution in [0.2, 0.25) is 0 Å². The third-order valence-corrected chi connectivity index (χ3v) is 7.44. The number of methoxy groups -OCH3 is 1. The Morgan fingerprint density at radius 2 is 1.56 bits per heavy atom. The minimum atomic E-state index is -3.58. The van der Waals surface area contributed by atoms with Crippen molar-refractivity contribution >= 4 is 39.3 Å². The normalized spacial score (nSPS) is 14.4. The number of benzene rings is 2. The van der Waals surface area contributed by atoms with Gasteiger partial charge in [-0.05, 0) is 36.4 Å². The summed E-state index contributed by atoms with van der Waals surface area (Å²) in [5.74, 6) is -0.505. The molecule has 0 spiro atoms. The lowest BCUT2D eigenvalue weighted by atomic mass is 10.2. The summed E-state index contributed by atoms with van der Waals surface area (Å²) in [5.41, 5.74) is 1.15. The van der Waals surface area contributed by atoms with Crippen LogP contribution >= 0.6 is 0 Å². The highest BCUT2D eigenvalue weighted by molar-refractivity contribution is 7.89. The number of hydrogen-bond donors (Lipinski definition) is 1. The molecule has 0 saturated carbocycles. The monoisotopic (exact) mass is 488 g/mol. The Bertz CT molecular complexity index is 1110. The number of ether oxygens (including phenoxy) is 1. The van der Waals surface area contributed by atoms with Crippen molar-refractivity contribution in [3.05, 3.63) is 54.6 Å². The SMILES string of the molecule is COC(=O)N(C)c1ccc(NC(=O)CCC(=O)N2CCN(S(=O)(=O)c3ccccc3)CC2)cc1. The number of carbonyl (C=O) groups excluding carboxylic acids is 3. The van der Waals surface area contributed by atoms with E-state index in [0.29, 0.717) is 11.4 Å². The number of rotatable bonds is 7. The molecule has 1 aliphatic rings. The Kier molecular flexibility index (Phi) is 8.24. The zero-order valence-electron chi connectivity index (χ0n) is 19.1. The van der Waals surface area contributed by atoms with Gasteiger partial charge in [-0.15, -0.1) is 0 Å². The summed E-state index contributed by atoms with van der Waals surface area (Å²) in [6.07, 6.45) is -0.472. The molecule has 1 saturated heterocycles. The van der Waals surface area contributed by atoms with Crippen LogP contribution in [0.25, 0.3) is 0 Å². The van der Waals surface area contributed by atoms with Crippen LogP contribution in [0.4, 0.5) is 16.2 Å². The summed E-state index contributed by atoms with van der Waals surface area (Å²) in [6.45, 7) is 0.979. The standard InChI is InChI=1S/C23H28N4O6S/c1-25(23(30)33-2)19-10-8-18(9-11-19)24-21(28)12-13-22(29)26-14-16-27(17-15-26)34(31,32)20-6-4-3-5-7-20/h3-11H,12-17H2,1-2H3,(H,24,28). The van der Waals surface area contributed by atoms with Gasteiger partial charge in [-0.1, -0.05) is 18.2 Å². The molecule has 1 aliphatic heterocycles. The average molecular weight is 489 g/mol. The van der Waals surface area contributed by atoms with Gasteiger partial charge in [-0.25, -0.2) is 13.2 Å². The second-order valence-corrected chi connectivity index (χ2v) is 9.66. The second-order valence-electron chi connectivity index (χ2n) is 7.72. The predicted octanol–water partition coefficient (Wildman–Crippen LogP) is 2.14. The Labute approximate surface area is 199 Å². The van der Waals surface area contributed by atoms with Gasteiger partial charge in [0.25, 0.3) is 0 Å². The molecule has 182 valence electrons. The average Bonchev–Trinajstić information content (AvgIpc) is 2.87. The van der Waals surface area contributed by atoms with Crippen LogP contribution in [0.5, 0.6) is 0 Å². The highest BCUT2D eigenvalue weighted by Crippen LogP contribution is 2.19. The first-order valence-corrected chi connectivity index (χ1v) is 12.2. The number of anilines is 2. The van der Waals surface area contributed by atoms with Gasteiger partial charge in [0.2, 0.25) is 21.8 Å². The summed E-state index contributed by atoms with van der Waals surface area (Å²) in [4.78, 5) is 39.5. The molecule has 0 bridgehead atoms. The molecule has 0 aliphatic carbocycles. The van der Waals surface area contributed by atoms with Crippen LogP contribution in [0, 0.1) is 0 Å². The minimum absolute atomic E-state index is 0.00514. The topological polar surface area (TPSA) is 116 Å². The Hall–Kier alpha value is -3.44. The van der Waals surface area contributed by atoms with E-state index in [1.54, 1.807) is 66.5 Å². The van der Waals surface area contributed by atoms with Crippen molar-refractivity contribution in [3.63, 3.8) is 0 Å². The molecular formula is C23H28N4O6S. The molecule has 0 unspecified atom stereocenters. The van der Waals surface area contributed by atoms with E-state index in [1.807, 2.05) is 0 Å². The third-order valence-electron chi connectivity index (χ3n) is 5.53. The molecule has 0 atom stereocenters. The van der Waals surface area contributed by atoms with Crippen molar-refractivity contribution in [1.82, 2.24) is 9.21 Å². The molecule has 1 heterocycles. The van der Waals surface area contributed by atoms with E-state index in [4.69, 9.17) is 0 Å². The van der Waals surface area contributed by atoms with Gasteiger partial charge in [-0.3, -0.25) is 14.5 Å². The highest BCUT2D eigenvalue weighted by atomic mass is 32.2. The molecule has 0 radical (unpaired) electrons. The number of carbonyl (C=O) groups is 3. The Balaban J connectivity index is 1.44. The number of sulfonamides is 1. The molecule has 11 heteroatoms. The van der Waals surface area contributed by atoms with Gasteiger partial charge < -0.3 is 15.0 Å². The maximum absolute atomic E-state index is 12.7. The molecule has 34 heavy (non-hydrogen) atoms. The summed E-state index contributed by atoms with van der Waals surface area (Å²) in [7, 11) is -0.720. The van der Waals surface area contributed by atoms with Gasteiger partial charge in [0, 0.05) is 57.4 Å². The quantitative estimate of drug-likeness (QED) is 0.638. The Morgan fingerprint density at radius 3 is 2.15 bits per heavy atom. The molecule has 1 N–H and O–H groups in total. The number of hydrogen-bond acceptors (Lipinski definition) is 6. The van der Waals surface area contributed by atoms with Crippen LogP contribution in [0.3, 0.4) is 0 Å². The van der Waals surface area contributed by atoms with Crippen molar-refractivity contribution < 1.29 is 27.5 Å². The van der Waals surface area contributed by atoms with E-state index in [1.165, 1.54) is 16.3 Å². The van der Waals surface area contributed by atoms with Gasteiger partial charge in [0.05, 0.1) is 12.0 Å². The summed E-state index contributed by atoms with van der Waals surface area (Å²) >= 11 is 0. The fourth-order valence-corrected chi connectivity index (χ4v) is 4.98. The van der Waals surface area contributed by atoms with Gasteiger partial charge in [0.1, 0.15) is 0 Å². The summed E-state index contributed by atoms with van der Waals surface area (Å²) < 4.78 is 31.4. The van der Waals surface area contributed by atoms with Crippen LogP contribution < -0.4 is 10.2 Å². The zero-order chi connectivity index (χ0) is 24.7. The second kappa shape index (κ2) is 11.1. The van der Waals surface area contributed by atoms with Crippen LogP contribution in [-0.4, -0.2) is 75.9 Å². The first kappa shape index (κ1) is 25.2. The molecule has 10 nitrogen and oxygen atoms in total. The smallest absolute Gasteiger partial charge is 0.413 e. The number of piperazine rings is 1. The Morgan fingerprint density at radius 1 is 0.941 bits per heavy atom. The fraction of sp³-hybridized carbons (Fsp3) is 0.348. The van der Waals surface area contributed by atoms with Crippen LogP contribution in [0.1, 0.15) is 12.8 Å². The lowest BCUT2D eigenvalue weighted by molar-refractivity contribution is -0.133. The van der Waals surface area contributed by atoms with Crippen molar-refractivity contribution in [3.8, 4) is 0 Å². The number of nitrogens with one attached hydrogen (secondary N) is 1. The first-order chi connectivity index (χ1) is 16.2. The summed E-state index contributed by atoms with van der Waals surface area (Å²) in [5, 5.41) is 2.72. The fourth-order valence-electron chi connectivity index (χ4n) is 3.53. The lowest BCUT2D eigenvalue weighted by Crippen LogP contribution is -2.50. The highest BCUT2D eigenvalue weighted by Gasteiger charge is 2.30. The number of nitrogens with zero attached hydrogens (tertiary/aromatic N) is 3. The third kappa shape index (κ3) is 6.12. The maximum atomic E-state index is 12.7. The first-order valence-electron chi connectivity index (χ1n) is 10.8. The minimum Gasteiger partial charge on any atom is -0.452 e. The van der Waals surface area contributed by atoms with Crippen molar-refractivity contribution in [2.75, 3.05) is 50.6 Å². The van der Waals surface area contributed by atoms with Gasteiger partial charge in [-0.2, -0.15) is 4.31 Å². The zero-order valence-corrected chi connectivity index (χ0v) is 20.0. The van der Waals surface area contributed by atoms with Crippen molar-refractivity contribution in [1.29, 1.82) is 0 Å². The molecule has 3 amide bonds. The molecule has 0 aromatic heterocycles. The van der Waals surface area contributed by atoms with E-state index >= 15 is 0 Å². The van der Waals surface area contributed by atoms with E-state index in [2.05, 4.69) is 10.1 Å². The molecule has 1 fully saturated rings. The molecule has 3 rings (SSSR count). The number of amides is 3.